The van der Waals surface area contributed by atoms with Crippen molar-refractivity contribution in [2.75, 3.05) is 5.32 Å². The largest absolute Gasteiger partial charge is 0.377 e. The summed E-state index contributed by atoms with van der Waals surface area (Å²) in [6.07, 6.45) is 2.87. The van der Waals surface area contributed by atoms with Gasteiger partial charge in [0, 0.05) is 24.2 Å². The second-order valence-corrected chi connectivity index (χ2v) is 5.88. The van der Waals surface area contributed by atoms with Gasteiger partial charge in [-0.3, -0.25) is 4.68 Å². The molecule has 0 unspecified atom stereocenters. The monoisotopic (exact) mass is 316 g/mol. The van der Waals surface area contributed by atoms with Gasteiger partial charge >= 0.3 is 0 Å². The zero-order valence-electron chi connectivity index (χ0n) is 12.5. The first-order valence-corrected chi connectivity index (χ1v) is 8.00. The molecule has 0 aliphatic rings. The Hall–Kier alpha value is -2.21. The lowest BCUT2D eigenvalue weighted by Crippen LogP contribution is -2.01. The van der Waals surface area contributed by atoms with Crippen LogP contribution in [0.5, 0.6) is 0 Å². The Labute approximate surface area is 132 Å². The summed E-state index contributed by atoms with van der Waals surface area (Å²) >= 11 is 1.56. The molecule has 0 fully saturated rings. The van der Waals surface area contributed by atoms with Crippen LogP contribution in [-0.4, -0.2) is 14.8 Å². The summed E-state index contributed by atoms with van der Waals surface area (Å²) in [5.74, 6) is -0.231. The molecule has 3 aromatic rings. The van der Waals surface area contributed by atoms with E-state index in [9.17, 15) is 4.39 Å². The summed E-state index contributed by atoms with van der Waals surface area (Å²) < 4.78 is 14.8. The van der Waals surface area contributed by atoms with E-state index in [2.05, 4.69) is 22.3 Å². The second-order valence-electron chi connectivity index (χ2n) is 5.02. The lowest BCUT2D eigenvalue weighted by atomic mass is 10.2. The van der Waals surface area contributed by atoms with Crippen LogP contribution in [0.1, 0.15) is 18.3 Å². The van der Waals surface area contributed by atoms with Crippen molar-refractivity contribution in [1.82, 2.24) is 14.8 Å². The lowest BCUT2D eigenvalue weighted by molar-refractivity contribution is 0.628. The van der Waals surface area contributed by atoms with Crippen molar-refractivity contribution in [3.8, 4) is 10.6 Å². The van der Waals surface area contributed by atoms with Crippen molar-refractivity contribution in [3.63, 3.8) is 0 Å². The van der Waals surface area contributed by atoms with E-state index in [4.69, 9.17) is 0 Å². The summed E-state index contributed by atoms with van der Waals surface area (Å²) in [7, 11) is 1.92. The first kappa shape index (κ1) is 14.7. The van der Waals surface area contributed by atoms with Crippen molar-refractivity contribution in [2.45, 2.75) is 19.9 Å². The van der Waals surface area contributed by atoms with E-state index >= 15 is 0 Å². The van der Waals surface area contributed by atoms with Crippen LogP contribution in [0.25, 0.3) is 10.6 Å². The average molecular weight is 316 g/mol. The Morgan fingerprint density at radius 2 is 2.05 bits per heavy atom. The molecule has 6 heteroatoms. The van der Waals surface area contributed by atoms with Gasteiger partial charge in [-0.1, -0.05) is 6.92 Å². The third kappa shape index (κ3) is 3.17. The van der Waals surface area contributed by atoms with Gasteiger partial charge in [-0.2, -0.15) is 5.10 Å². The summed E-state index contributed by atoms with van der Waals surface area (Å²) in [5, 5.41) is 10.7. The van der Waals surface area contributed by atoms with Crippen molar-refractivity contribution >= 4 is 17.0 Å². The fraction of sp³-hybridized carbons (Fsp3) is 0.250. The molecule has 0 aliphatic heterocycles. The molecule has 0 saturated heterocycles. The van der Waals surface area contributed by atoms with Crippen LogP contribution >= 0.6 is 11.3 Å². The molecule has 4 nitrogen and oxygen atoms in total. The SMILES string of the molecule is CCc1nn(C)cc1NCc1csc(-c2ccc(F)cc2)n1. The summed E-state index contributed by atoms with van der Waals surface area (Å²) in [6.45, 7) is 2.74. The molecular formula is C16H17FN4S. The predicted molar refractivity (Wildman–Crippen MR) is 87.4 cm³/mol. The van der Waals surface area contributed by atoms with Crippen LogP contribution in [0.2, 0.25) is 0 Å². The van der Waals surface area contributed by atoms with Crippen molar-refractivity contribution in [2.24, 2.45) is 7.05 Å². The number of rotatable bonds is 5. The molecule has 0 spiro atoms. The molecule has 2 heterocycles. The number of anilines is 1. The summed E-state index contributed by atoms with van der Waals surface area (Å²) in [6, 6.07) is 6.42. The van der Waals surface area contributed by atoms with E-state index < -0.39 is 0 Å². The van der Waals surface area contributed by atoms with Crippen LogP contribution in [-0.2, 0) is 20.0 Å². The molecule has 0 radical (unpaired) electrons. The number of nitrogens with one attached hydrogen (secondary N) is 1. The summed E-state index contributed by atoms with van der Waals surface area (Å²) in [4.78, 5) is 4.59. The van der Waals surface area contributed by atoms with Crippen molar-refractivity contribution < 1.29 is 4.39 Å². The first-order chi connectivity index (χ1) is 10.7. The van der Waals surface area contributed by atoms with Crippen LogP contribution in [0, 0.1) is 5.82 Å². The Morgan fingerprint density at radius 3 is 2.77 bits per heavy atom. The highest BCUT2D eigenvalue weighted by atomic mass is 32.1. The zero-order chi connectivity index (χ0) is 15.5. The average Bonchev–Trinajstić information content (AvgIpc) is 3.12. The van der Waals surface area contributed by atoms with Crippen LogP contribution in [0.3, 0.4) is 0 Å². The maximum atomic E-state index is 13.0. The maximum absolute atomic E-state index is 13.0. The van der Waals surface area contributed by atoms with E-state index in [1.54, 1.807) is 23.5 Å². The quantitative estimate of drug-likeness (QED) is 0.777. The zero-order valence-corrected chi connectivity index (χ0v) is 13.3. The molecule has 1 aromatic carbocycles. The number of halogens is 1. The molecule has 0 saturated carbocycles. The highest BCUT2D eigenvalue weighted by Gasteiger charge is 2.08. The van der Waals surface area contributed by atoms with Crippen LogP contribution < -0.4 is 5.32 Å². The Bertz CT molecular complexity index is 761. The third-order valence-corrected chi connectivity index (χ3v) is 4.28. The normalized spacial score (nSPS) is 10.9. The Kier molecular flexibility index (Phi) is 4.20. The van der Waals surface area contributed by atoms with E-state index in [-0.39, 0.29) is 5.82 Å². The Balaban J connectivity index is 1.70. The van der Waals surface area contributed by atoms with E-state index in [1.165, 1.54) is 12.1 Å². The van der Waals surface area contributed by atoms with Gasteiger partial charge in [0.05, 0.1) is 23.6 Å². The summed E-state index contributed by atoms with van der Waals surface area (Å²) in [5.41, 5.74) is 4.00. The van der Waals surface area contributed by atoms with E-state index in [0.29, 0.717) is 6.54 Å². The predicted octanol–water partition coefficient (Wildman–Crippen LogP) is 3.86. The van der Waals surface area contributed by atoms with E-state index in [1.807, 2.05) is 23.3 Å². The fourth-order valence-corrected chi connectivity index (χ4v) is 3.07. The Morgan fingerprint density at radius 1 is 1.27 bits per heavy atom. The smallest absolute Gasteiger partial charge is 0.123 e. The maximum Gasteiger partial charge on any atom is 0.123 e. The number of aromatic nitrogens is 3. The molecule has 22 heavy (non-hydrogen) atoms. The van der Waals surface area contributed by atoms with Crippen molar-refractivity contribution in [1.29, 1.82) is 0 Å². The topological polar surface area (TPSA) is 42.7 Å². The van der Waals surface area contributed by atoms with Crippen LogP contribution in [0.4, 0.5) is 10.1 Å². The van der Waals surface area contributed by atoms with Gasteiger partial charge in [-0.25, -0.2) is 9.37 Å². The minimum Gasteiger partial charge on any atom is -0.377 e. The van der Waals surface area contributed by atoms with Gasteiger partial charge in [0.15, 0.2) is 0 Å². The highest BCUT2D eigenvalue weighted by molar-refractivity contribution is 7.13. The molecule has 0 bridgehead atoms. The molecular weight excluding hydrogens is 299 g/mol. The number of hydrogen-bond donors (Lipinski definition) is 1. The number of hydrogen-bond acceptors (Lipinski definition) is 4. The number of aryl methyl sites for hydroxylation is 2. The van der Waals surface area contributed by atoms with Crippen molar-refractivity contribution in [3.05, 3.63) is 53.0 Å². The molecule has 0 amide bonds. The highest BCUT2D eigenvalue weighted by Crippen LogP contribution is 2.24. The second kappa shape index (κ2) is 6.27. The van der Waals surface area contributed by atoms with Gasteiger partial charge in [0.1, 0.15) is 10.8 Å². The van der Waals surface area contributed by atoms with Gasteiger partial charge in [-0.15, -0.1) is 11.3 Å². The van der Waals surface area contributed by atoms with Crippen LogP contribution in [0.15, 0.2) is 35.8 Å². The first-order valence-electron chi connectivity index (χ1n) is 7.12. The molecule has 1 N–H and O–H groups in total. The van der Waals surface area contributed by atoms with Gasteiger partial charge < -0.3 is 5.32 Å². The molecule has 0 atom stereocenters. The minimum atomic E-state index is -0.231. The third-order valence-electron chi connectivity index (χ3n) is 3.34. The molecule has 2 aromatic heterocycles. The van der Waals surface area contributed by atoms with Gasteiger partial charge in [0.2, 0.25) is 0 Å². The van der Waals surface area contributed by atoms with Gasteiger partial charge in [0.25, 0.3) is 0 Å². The fourth-order valence-electron chi connectivity index (χ4n) is 2.24. The standard InChI is InChI=1S/C16H17FN4S/c1-3-14-15(9-21(2)20-14)18-8-13-10-22-16(19-13)11-4-6-12(17)7-5-11/h4-7,9-10,18H,3,8H2,1-2H3. The molecule has 3 rings (SSSR count). The molecule has 0 aliphatic carbocycles. The molecule has 114 valence electrons. The minimum absolute atomic E-state index is 0.231. The number of thiazole rings is 1. The number of nitrogens with zero attached hydrogens (tertiary/aromatic N) is 3. The number of benzene rings is 1. The van der Waals surface area contributed by atoms with Gasteiger partial charge in [-0.05, 0) is 30.7 Å². The van der Waals surface area contributed by atoms with E-state index in [0.717, 1.165) is 34.1 Å². The lowest BCUT2D eigenvalue weighted by Gasteiger charge is -2.02.